The zero-order valence-corrected chi connectivity index (χ0v) is 12.1. The Bertz CT molecular complexity index is 325. The summed E-state index contributed by atoms with van der Waals surface area (Å²) in [6.45, 7) is 9.15. The van der Waals surface area contributed by atoms with E-state index in [4.69, 9.17) is 0 Å². The fraction of sp³-hybridized carbons (Fsp3) is 1.00. The van der Waals surface area contributed by atoms with Gasteiger partial charge in [-0.2, -0.15) is 0 Å². The maximum atomic E-state index is 11.4. The summed E-state index contributed by atoms with van der Waals surface area (Å²) < 4.78 is 22.9. The molecule has 0 aliphatic carbocycles. The zero-order chi connectivity index (χ0) is 12.9. The quantitative estimate of drug-likeness (QED) is 0.695. The van der Waals surface area contributed by atoms with Crippen molar-refractivity contribution in [2.24, 2.45) is 5.41 Å². The highest BCUT2D eigenvalue weighted by Gasteiger charge is 2.23. The number of hydrogen-bond acceptors (Lipinski definition) is 4. The first kappa shape index (κ1) is 14.9. The van der Waals surface area contributed by atoms with Crippen molar-refractivity contribution in [2.75, 3.05) is 31.1 Å². The van der Waals surface area contributed by atoms with Gasteiger partial charge >= 0.3 is 0 Å². The number of sulfone groups is 1. The lowest BCUT2D eigenvalue weighted by atomic mass is 9.90. The predicted molar refractivity (Wildman–Crippen MR) is 72.0 cm³/mol. The van der Waals surface area contributed by atoms with Gasteiger partial charge in [0.1, 0.15) is 0 Å². The summed E-state index contributed by atoms with van der Waals surface area (Å²) in [5.74, 6) is 0.589. The Morgan fingerprint density at radius 3 is 2.71 bits per heavy atom. The van der Waals surface area contributed by atoms with E-state index in [9.17, 15) is 8.42 Å². The number of hydrogen-bond donors (Lipinski definition) is 2. The number of rotatable bonds is 6. The molecular weight excluding hydrogens is 236 g/mol. The van der Waals surface area contributed by atoms with Gasteiger partial charge in [0.2, 0.25) is 0 Å². The molecule has 1 fully saturated rings. The maximum Gasteiger partial charge on any atom is 0.153 e. The largest absolute Gasteiger partial charge is 0.316 e. The normalized spacial score (nSPS) is 24.8. The first-order valence-electron chi connectivity index (χ1n) is 6.49. The van der Waals surface area contributed by atoms with Gasteiger partial charge in [0.25, 0.3) is 0 Å². The Morgan fingerprint density at radius 2 is 2.12 bits per heavy atom. The average molecular weight is 262 g/mol. The van der Waals surface area contributed by atoms with E-state index < -0.39 is 9.84 Å². The van der Waals surface area contributed by atoms with E-state index in [1.54, 1.807) is 0 Å². The Hall–Kier alpha value is -0.130. The standard InChI is InChI=1S/C12H26N2O2S/c1-4-12(2,3)10-13-6-5-11-9-17(15,16)8-7-14-11/h11,13-14H,4-10H2,1-3H3. The van der Waals surface area contributed by atoms with E-state index >= 15 is 0 Å². The summed E-state index contributed by atoms with van der Waals surface area (Å²) in [6, 6.07) is 0.131. The fourth-order valence-electron chi connectivity index (χ4n) is 1.88. The van der Waals surface area contributed by atoms with Crippen LogP contribution in [0.3, 0.4) is 0 Å². The molecular formula is C12H26N2O2S. The van der Waals surface area contributed by atoms with E-state index in [1.807, 2.05) is 0 Å². The lowest BCUT2D eigenvalue weighted by Crippen LogP contribution is -2.46. The minimum absolute atomic E-state index is 0.131. The van der Waals surface area contributed by atoms with Gasteiger partial charge in [-0.15, -0.1) is 0 Å². The molecule has 0 radical (unpaired) electrons. The highest BCUT2D eigenvalue weighted by Crippen LogP contribution is 2.17. The van der Waals surface area contributed by atoms with Crippen molar-refractivity contribution in [1.82, 2.24) is 10.6 Å². The SMILES string of the molecule is CCC(C)(C)CNCCC1CS(=O)(=O)CCN1. The van der Waals surface area contributed by atoms with Crippen molar-refractivity contribution in [1.29, 1.82) is 0 Å². The second-order valence-electron chi connectivity index (χ2n) is 5.75. The Kier molecular flexibility index (Phi) is 5.41. The van der Waals surface area contributed by atoms with E-state index in [0.29, 0.717) is 23.5 Å². The molecule has 1 heterocycles. The van der Waals surface area contributed by atoms with Crippen molar-refractivity contribution in [3.63, 3.8) is 0 Å². The Balaban J connectivity index is 2.19. The van der Waals surface area contributed by atoms with Crippen LogP contribution < -0.4 is 10.6 Å². The molecule has 102 valence electrons. The van der Waals surface area contributed by atoms with Crippen molar-refractivity contribution in [2.45, 2.75) is 39.7 Å². The van der Waals surface area contributed by atoms with Gasteiger partial charge < -0.3 is 10.6 Å². The van der Waals surface area contributed by atoms with E-state index in [2.05, 4.69) is 31.4 Å². The van der Waals surface area contributed by atoms with Crippen molar-refractivity contribution in [3.05, 3.63) is 0 Å². The second-order valence-corrected chi connectivity index (χ2v) is 7.98. The number of nitrogens with one attached hydrogen (secondary N) is 2. The summed E-state index contributed by atoms with van der Waals surface area (Å²) in [5, 5.41) is 6.68. The maximum absolute atomic E-state index is 11.4. The predicted octanol–water partition coefficient (Wildman–Crippen LogP) is 0.789. The van der Waals surface area contributed by atoms with Crippen LogP contribution in [0, 0.1) is 5.41 Å². The molecule has 2 N–H and O–H groups in total. The first-order valence-corrected chi connectivity index (χ1v) is 8.31. The van der Waals surface area contributed by atoms with Crippen LogP contribution in [0.25, 0.3) is 0 Å². The molecule has 0 aromatic rings. The first-order chi connectivity index (χ1) is 7.85. The minimum atomic E-state index is -2.79. The third-order valence-electron chi connectivity index (χ3n) is 3.53. The van der Waals surface area contributed by atoms with Gasteiger partial charge in [-0.25, -0.2) is 8.42 Å². The summed E-state index contributed by atoms with van der Waals surface area (Å²) in [4.78, 5) is 0. The van der Waals surface area contributed by atoms with Crippen molar-refractivity contribution < 1.29 is 8.42 Å². The molecule has 0 saturated carbocycles. The van der Waals surface area contributed by atoms with Gasteiger partial charge in [-0.1, -0.05) is 20.8 Å². The highest BCUT2D eigenvalue weighted by molar-refractivity contribution is 7.91. The molecule has 1 saturated heterocycles. The molecule has 0 aromatic carbocycles. The molecule has 1 aliphatic heterocycles. The lowest BCUT2D eigenvalue weighted by molar-refractivity contribution is 0.324. The molecule has 0 spiro atoms. The fourth-order valence-corrected chi connectivity index (χ4v) is 3.37. The van der Waals surface area contributed by atoms with Gasteiger partial charge in [0, 0.05) is 19.1 Å². The van der Waals surface area contributed by atoms with Gasteiger partial charge in [0.05, 0.1) is 11.5 Å². The minimum Gasteiger partial charge on any atom is -0.316 e. The van der Waals surface area contributed by atoms with Gasteiger partial charge in [0.15, 0.2) is 9.84 Å². The molecule has 1 unspecified atom stereocenters. The zero-order valence-electron chi connectivity index (χ0n) is 11.3. The molecule has 4 nitrogen and oxygen atoms in total. The van der Waals surface area contributed by atoms with Crippen molar-refractivity contribution in [3.8, 4) is 0 Å². The van der Waals surface area contributed by atoms with E-state index in [-0.39, 0.29) is 6.04 Å². The average Bonchev–Trinajstić information content (AvgIpc) is 2.23. The molecule has 1 atom stereocenters. The lowest BCUT2D eigenvalue weighted by Gasteiger charge is -2.26. The molecule has 17 heavy (non-hydrogen) atoms. The van der Waals surface area contributed by atoms with Crippen LogP contribution in [0.2, 0.25) is 0 Å². The van der Waals surface area contributed by atoms with Crippen molar-refractivity contribution >= 4 is 9.84 Å². The van der Waals surface area contributed by atoms with Crippen LogP contribution in [-0.2, 0) is 9.84 Å². The van der Waals surface area contributed by atoms with Crippen LogP contribution in [0.15, 0.2) is 0 Å². The Labute approximate surface area is 105 Å². The smallest absolute Gasteiger partial charge is 0.153 e. The van der Waals surface area contributed by atoms with Crippen LogP contribution in [0.1, 0.15) is 33.6 Å². The summed E-state index contributed by atoms with van der Waals surface area (Å²) in [5.41, 5.74) is 0.325. The monoisotopic (exact) mass is 262 g/mol. The molecule has 1 rings (SSSR count). The molecule has 0 bridgehead atoms. The third kappa shape index (κ3) is 5.84. The third-order valence-corrected chi connectivity index (χ3v) is 5.27. The van der Waals surface area contributed by atoms with Crippen LogP contribution >= 0.6 is 0 Å². The summed E-state index contributed by atoms with van der Waals surface area (Å²) in [7, 11) is -2.79. The van der Waals surface area contributed by atoms with Crippen LogP contribution in [0.4, 0.5) is 0 Å². The van der Waals surface area contributed by atoms with Crippen LogP contribution in [-0.4, -0.2) is 45.6 Å². The highest BCUT2D eigenvalue weighted by atomic mass is 32.2. The summed E-state index contributed by atoms with van der Waals surface area (Å²) in [6.07, 6.45) is 2.04. The molecule has 0 amide bonds. The molecule has 0 aromatic heterocycles. The molecule has 1 aliphatic rings. The van der Waals surface area contributed by atoms with Gasteiger partial charge in [-0.3, -0.25) is 0 Å². The molecule has 5 heteroatoms. The topological polar surface area (TPSA) is 58.2 Å². The van der Waals surface area contributed by atoms with Gasteiger partial charge in [-0.05, 0) is 24.8 Å². The Morgan fingerprint density at radius 1 is 1.41 bits per heavy atom. The van der Waals surface area contributed by atoms with E-state index in [0.717, 1.165) is 25.9 Å². The second kappa shape index (κ2) is 6.16. The summed E-state index contributed by atoms with van der Waals surface area (Å²) >= 11 is 0. The van der Waals surface area contributed by atoms with Crippen LogP contribution in [0.5, 0.6) is 0 Å². The van der Waals surface area contributed by atoms with E-state index in [1.165, 1.54) is 0 Å².